The van der Waals surface area contributed by atoms with E-state index in [1.165, 1.54) is 18.4 Å². The number of nitrogens with one attached hydrogen (secondary N) is 2. The van der Waals surface area contributed by atoms with E-state index in [0.717, 1.165) is 12.0 Å². The van der Waals surface area contributed by atoms with Crippen molar-refractivity contribution < 1.29 is 27.9 Å². The highest BCUT2D eigenvalue weighted by molar-refractivity contribution is 6.01. The molecule has 1 unspecified atom stereocenters. The van der Waals surface area contributed by atoms with Crippen molar-refractivity contribution in [3.63, 3.8) is 0 Å². The molecule has 0 aliphatic carbocycles. The van der Waals surface area contributed by atoms with Gasteiger partial charge in [-0.15, -0.1) is 0 Å². The van der Waals surface area contributed by atoms with Crippen molar-refractivity contribution in [2.75, 3.05) is 11.4 Å². The first-order valence-electron chi connectivity index (χ1n) is 11.8. The number of carbonyl (C=O) groups is 3. The van der Waals surface area contributed by atoms with E-state index in [9.17, 15) is 18.8 Å². The summed E-state index contributed by atoms with van der Waals surface area (Å²) in [5, 5.41) is 4.05. The zero-order valence-corrected chi connectivity index (χ0v) is 20.0. The number of pyridine rings is 1. The molecule has 1 fully saturated rings. The van der Waals surface area contributed by atoms with Crippen molar-refractivity contribution in [2.45, 2.75) is 18.9 Å². The van der Waals surface area contributed by atoms with Crippen LogP contribution in [0.3, 0.4) is 0 Å². The quantitative estimate of drug-likeness (QED) is 0.349. The van der Waals surface area contributed by atoms with Crippen LogP contribution in [0.4, 0.5) is 14.9 Å². The molecule has 2 N–H and O–H groups in total. The molecule has 4 amide bonds. The summed E-state index contributed by atoms with van der Waals surface area (Å²) in [5.74, 6) is 0.464. The van der Waals surface area contributed by atoms with Gasteiger partial charge in [-0.2, -0.15) is 0 Å². The monoisotopic (exact) mass is 515 g/mol. The molecule has 1 atom stereocenters. The maximum atomic E-state index is 13.5. The molecule has 0 radical (unpaired) electrons. The van der Waals surface area contributed by atoms with Gasteiger partial charge in [-0.3, -0.25) is 20.2 Å². The summed E-state index contributed by atoms with van der Waals surface area (Å²) in [7, 11) is 0. The fourth-order valence-corrected chi connectivity index (χ4v) is 4.21. The molecule has 5 rings (SSSR count). The predicted octanol–water partition coefficient (Wildman–Crippen LogP) is 4.29. The van der Waals surface area contributed by atoms with E-state index in [1.807, 2.05) is 10.2 Å². The normalized spacial score (nSPS) is 14.7. The van der Waals surface area contributed by atoms with Gasteiger partial charge in [0.1, 0.15) is 29.6 Å². The van der Waals surface area contributed by atoms with Crippen molar-refractivity contribution in [1.82, 2.24) is 20.6 Å². The van der Waals surface area contributed by atoms with E-state index in [4.69, 9.17) is 9.15 Å². The first-order valence-corrected chi connectivity index (χ1v) is 11.8. The van der Waals surface area contributed by atoms with Gasteiger partial charge in [0.05, 0.1) is 11.9 Å². The number of carbonyl (C=O) groups excluding carboxylic acids is 3. The molecule has 3 heterocycles. The van der Waals surface area contributed by atoms with E-state index in [1.54, 1.807) is 54.7 Å². The van der Waals surface area contributed by atoms with E-state index in [-0.39, 0.29) is 12.2 Å². The number of oxazole rings is 1. The number of hydrogen-bond donors (Lipinski definition) is 2. The van der Waals surface area contributed by atoms with Gasteiger partial charge in [0, 0.05) is 23.7 Å². The van der Waals surface area contributed by atoms with Gasteiger partial charge < -0.3 is 14.1 Å². The smallest absolute Gasteiger partial charge is 0.327 e. The van der Waals surface area contributed by atoms with Gasteiger partial charge in [-0.25, -0.2) is 19.2 Å². The molecule has 1 saturated heterocycles. The van der Waals surface area contributed by atoms with Crippen molar-refractivity contribution >= 4 is 24.0 Å². The third-order valence-electron chi connectivity index (χ3n) is 5.98. The Morgan fingerprint density at radius 3 is 2.68 bits per heavy atom. The van der Waals surface area contributed by atoms with Crippen LogP contribution in [0.15, 0.2) is 77.5 Å². The second kappa shape index (κ2) is 10.9. The maximum Gasteiger partial charge on any atom is 0.327 e. The molecule has 0 saturated carbocycles. The van der Waals surface area contributed by atoms with Gasteiger partial charge >= 0.3 is 6.03 Å². The number of urea groups is 1. The summed E-state index contributed by atoms with van der Waals surface area (Å²) in [6.45, 7) is 0.623. The maximum absolute atomic E-state index is 13.5. The van der Waals surface area contributed by atoms with Crippen LogP contribution in [0, 0.1) is 5.82 Å². The average molecular weight is 516 g/mol. The van der Waals surface area contributed by atoms with Gasteiger partial charge in [0.15, 0.2) is 0 Å². The lowest BCUT2D eigenvalue weighted by Crippen LogP contribution is -2.48. The number of rotatable bonds is 7. The minimum Gasteiger partial charge on any atom is -0.444 e. The molecule has 2 aromatic carbocycles. The van der Waals surface area contributed by atoms with Crippen LogP contribution in [0.1, 0.15) is 12.8 Å². The van der Waals surface area contributed by atoms with Crippen LogP contribution in [0.2, 0.25) is 0 Å². The number of amides is 4. The lowest BCUT2D eigenvalue weighted by atomic mass is 10.2. The topological polar surface area (TPSA) is 127 Å². The summed E-state index contributed by atoms with van der Waals surface area (Å²) in [6, 6.07) is 15.3. The van der Waals surface area contributed by atoms with Crippen LogP contribution in [-0.2, 0) is 9.59 Å². The molecule has 10 nitrogen and oxygen atoms in total. The van der Waals surface area contributed by atoms with Crippen LogP contribution >= 0.6 is 0 Å². The minimum atomic E-state index is -0.861. The standard InChI is InChI=1S/C27H22FN5O5/c28-19-4-1-3-18(13-19)22-15-37-26(31-22)17-6-9-21(10-7-17)38-24-11-8-20(14-29-24)33-12-2-5-23(33)25(35)32-27(36)30-16-34/h1,3-4,6-11,13-16,23H,2,5,12H2,(H2,30,32,34,35,36). The summed E-state index contributed by atoms with van der Waals surface area (Å²) < 4.78 is 24.9. The SMILES string of the molecule is O=CNC(=O)NC(=O)C1CCCN1c1ccc(Oc2ccc(-c3nc(-c4cccc(F)c4)co3)cc2)nc1. The largest absolute Gasteiger partial charge is 0.444 e. The summed E-state index contributed by atoms with van der Waals surface area (Å²) in [4.78, 5) is 45.0. The van der Waals surface area contributed by atoms with Gasteiger partial charge in [0.2, 0.25) is 18.2 Å². The second-order valence-corrected chi connectivity index (χ2v) is 8.46. The Morgan fingerprint density at radius 1 is 1.11 bits per heavy atom. The lowest BCUT2D eigenvalue weighted by molar-refractivity contribution is -0.121. The number of anilines is 1. The zero-order valence-electron chi connectivity index (χ0n) is 20.0. The predicted molar refractivity (Wildman–Crippen MR) is 135 cm³/mol. The number of hydrogen-bond acceptors (Lipinski definition) is 8. The summed E-state index contributed by atoms with van der Waals surface area (Å²) in [6.07, 6.45) is 4.63. The Kier molecular flexibility index (Phi) is 7.07. The van der Waals surface area contributed by atoms with Crippen molar-refractivity contribution in [1.29, 1.82) is 0 Å². The highest BCUT2D eigenvalue weighted by Gasteiger charge is 2.32. The van der Waals surface area contributed by atoms with Crippen LogP contribution in [0.5, 0.6) is 11.6 Å². The third kappa shape index (κ3) is 5.51. The van der Waals surface area contributed by atoms with Gasteiger partial charge in [0.25, 0.3) is 5.91 Å². The summed E-state index contributed by atoms with van der Waals surface area (Å²) in [5.41, 5.74) is 2.59. The number of aromatic nitrogens is 2. The fourth-order valence-electron chi connectivity index (χ4n) is 4.21. The number of imide groups is 2. The molecular formula is C27H22FN5O5. The average Bonchev–Trinajstić information content (AvgIpc) is 3.61. The van der Waals surface area contributed by atoms with Crippen molar-refractivity contribution in [3.05, 3.63) is 78.9 Å². The zero-order chi connectivity index (χ0) is 26.5. The first-order chi connectivity index (χ1) is 18.5. The Hall–Kier alpha value is -5.06. The molecule has 0 bridgehead atoms. The van der Waals surface area contributed by atoms with E-state index in [2.05, 4.69) is 15.3 Å². The molecule has 192 valence electrons. The molecule has 38 heavy (non-hydrogen) atoms. The molecule has 1 aliphatic rings. The number of ether oxygens (including phenoxy) is 1. The second-order valence-electron chi connectivity index (χ2n) is 8.46. The number of halogens is 1. The highest BCUT2D eigenvalue weighted by atomic mass is 19.1. The van der Waals surface area contributed by atoms with Gasteiger partial charge in [-0.1, -0.05) is 12.1 Å². The molecule has 11 heteroatoms. The Balaban J connectivity index is 1.22. The minimum absolute atomic E-state index is 0.212. The summed E-state index contributed by atoms with van der Waals surface area (Å²) >= 11 is 0. The highest BCUT2D eigenvalue weighted by Crippen LogP contribution is 2.30. The van der Waals surface area contributed by atoms with Crippen LogP contribution in [-0.4, -0.2) is 40.9 Å². The van der Waals surface area contributed by atoms with Crippen LogP contribution in [0.25, 0.3) is 22.7 Å². The van der Waals surface area contributed by atoms with E-state index in [0.29, 0.717) is 47.4 Å². The third-order valence-corrected chi connectivity index (χ3v) is 5.98. The fraction of sp³-hybridized carbons (Fsp3) is 0.148. The lowest BCUT2D eigenvalue weighted by Gasteiger charge is -2.25. The van der Waals surface area contributed by atoms with E-state index >= 15 is 0 Å². The Bertz CT molecular complexity index is 1460. The molecule has 4 aromatic rings. The van der Waals surface area contributed by atoms with Crippen molar-refractivity contribution in [2.24, 2.45) is 0 Å². The van der Waals surface area contributed by atoms with E-state index < -0.39 is 18.0 Å². The number of benzene rings is 2. The number of nitrogens with zero attached hydrogens (tertiary/aromatic N) is 3. The molecular weight excluding hydrogens is 493 g/mol. The van der Waals surface area contributed by atoms with Gasteiger partial charge in [-0.05, 0) is 55.3 Å². The molecule has 2 aromatic heterocycles. The van der Waals surface area contributed by atoms with Crippen LogP contribution < -0.4 is 20.3 Å². The Morgan fingerprint density at radius 2 is 1.95 bits per heavy atom. The molecule has 0 spiro atoms. The molecule has 1 aliphatic heterocycles. The Labute approximate surface area is 216 Å². The first kappa shape index (κ1) is 24.6. The van der Waals surface area contributed by atoms with Crippen molar-refractivity contribution in [3.8, 4) is 34.3 Å².